The first kappa shape index (κ1) is 21.0. The zero-order chi connectivity index (χ0) is 22.1. The van der Waals surface area contributed by atoms with E-state index >= 15 is 0 Å². The molecule has 2 amide bonds. The van der Waals surface area contributed by atoms with Crippen molar-refractivity contribution in [2.75, 3.05) is 24.5 Å². The number of hydrogen-bond donors (Lipinski definition) is 1. The number of rotatable bonds is 4. The average molecular weight is 433 g/mol. The lowest BCUT2D eigenvalue weighted by Gasteiger charge is -2.28. The van der Waals surface area contributed by atoms with Crippen molar-refractivity contribution in [3.8, 4) is 11.1 Å². The Balaban J connectivity index is 1.25. The Hall–Kier alpha value is -2.82. The van der Waals surface area contributed by atoms with Gasteiger partial charge in [0.2, 0.25) is 0 Å². The molecule has 32 heavy (non-hydrogen) atoms. The van der Waals surface area contributed by atoms with Crippen LogP contribution >= 0.6 is 0 Å². The number of carboxylic acids is 1. The first-order valence-electron chi connectivity index (χ1n) is 12.1. The van der Waals surface area contributed by atoms with Gasteiger partial charge in [-0.05, 0) is 91.2 Å². The van der Waals surface area contributed by atoms with Gasteiger partial charge in [0.05, 0.1) is 0 Å². The maximum Gasteiger partial charge on any atom is 0.324 e. The third-order valence-electron chi connectivity index (χ3n) is 7.61. The summed E-state index contributed by atoms with van der Waals surface area (Å²) >= 11 is 0. The summed E-state index contributed by atoms with van der Waals surface area (Å²) in [6, 6.07) is 15.6. The molecule has 2 aromatic carbocycles. The molecule has 2 fully saturated rings. The summed E-state index contributed by atoms with van der Waals surface area (Å²) in [5.41, 5.74) is 6.11. The second-order valence-electron chi connectivity index (χ2n) is 9.66. The second kappa shape index (κ2) is 8.97. The summed E-state index contributed by atoms with van der Waals surface area (Å²) < 4.78 is 0. The number of anilines is 1. The van der Waals surface area contributed by atoms with Gasteiger partial charge in [0, 0.05) is 31.7 Å². The Bertz CT molecular complexity index is 986. The summed E-state index contributed by atoms with van der Waals surface area (Å²) in [7, 11) is 0. The minimum absolute atomic E-state index is 0.163. The number of carboxylic acid groups (broad SMARTS) is 1. The van der Waals surface area contributed by atoms with Gasteiger partial charge in [-0.15, -0.1) is 0 Å². The van der Waals surface area contributed by atoms with Gasteiger partial charge >= 0.3 is 12.0 Å². The number of likely N-dealkylation sites (tertiary alicyclic amines) is 1. The summed E-state index contributed by atoms with van der Waals surface area (Å²) in [6.45, 7) is 2.55. The Morgan fingerprint density at radius 1 is 0.875 bits per heavy atom. The number of benzene rings is 2. The Kier molecular flexibility index (Phi) is 5.90. The molecule has 1 aliphatic carbocycles. The van der Waals surface area contributed by atoms with Crippen LogP contribution in [0.5, 0.6) is 0 Å². The zero-order valence-electron chi connectivity index (χ0n) is 18.6. The van der Waals surface area contributed by atoms with Gasteiger partial charge in [0.25, 0.3) is 0 Å². The van der Waals surface area contributed by atoms with Crippen LogP contribution in [-0.4, -0.2) is 41.6 Å². The monoisotopic (exact) mass is 432 g/mol. The molecular formula is C27H32N2O3. The molecule has 2 heterocycles. The summed E-state index contributed by atoms with van der Waals surface area (Å²) in [4.78, 5) is 27.7. The van der Waals surface area contributed by atoms with E-state index in [4.69, 9.17) is 5.11 Å². The molecule has 5 nitrogen and oxygen atoms in total. The lowest BCUT2D eigenvalue weighted by Crippen LogP contribution is -2.40. The molecule has 1 saturated heterocycles. The van der Waals surface area contributed by atoms with Crippen LogP contribution in [0.15, 0.2) is 42.5 Å². The molecule has 1 N–H and O–H groups in total. The van der Waals surface area contributed by atoms with E-state index in [-0.39, 0.29) is 6.03 Å². The molecule has 0 aromatic heterocycles. The third kappa shape index (κ3) is 4.25. The van der Waals surface area contributed by atoms with Crippen molar-refractivity contribution in [2.45, 2.75) is 57.3 Å². The first-order chi connectivity index (χ1) is 15.6. The van der Waals surface area contributed by atoms with Crippen molar-refractivity contribution < 1.29 is 14.7 Å². The molecule has 1 saturated carbocycles. The smallest absolute Gasteiger partial charge is 0.324 e. The van der Waals surface area contributed by atoms with Crippen LogP contribution in [0.4, 0.5) is 10.5 Å². The Morgan fingerprint density at radius 3 is 2.25 bits per heavy atom. The number of aliphatic carboxylic acids is 1. The van der Waals surface area contributed by atoms with Gasteiger partial charge in [0.1, 0.15) is 0 Å². The van der Waals surface area contributed by atoms with E-state index < -0.39 is 5.97 Å². The predicted octanol–water partition coefficient (Wildman–Crippen LogP) is 5.68. The standard InChI is InChI=1S/C27H32N2O3/c30-26(31)17-19-3-5-20(6-4-19)21-7-9-22(10-8-21)23-11-12-25-24(18-23)13-16-29(25)27(32)28-14-1-2-15-28/h7-12,18-20H,1-6,13-17H2,(H,30,31)/t19-,20-. The summed E-state index contributed by atoms with van der Waals surface area (Å²) in [5.74, 6) is 0.210. The van der Waals surface area contributed by atoms with Gasteiger partial charge in [-0.1, -0.05) is 30.3 Å². The predicted molar refractivity (Wildman–Crippen MR) is 126 cm³/mol. The zero-order valence-corrected chi connectivity index (χ0v) is 18.6. The number of fused-ring (bicyclic) bond motifs is 1. The number of urea groups is 1. The third-order valence-corrected chi connectivity index (χ3v) is 7.61. The minimum atomic E-state index is -0.671. The van der Waals surface area contributed by atoms with Crippen LogP contribution in [0.3, 0.4) is 0 Å². The van der Waals surface area contributed by atoms with E-state index in [0.717, 1.165) is 70.3 Å². The van der Waals surface area contributed by atoms with Crippen molar-refractivity contribution in [1.82, 2.24) is 4.90 Å². The van der Waals surface area contributed by atoms with Gasteiger partial charge < -0.3 is 10.0 Å². The Morgan fingerprint density at radius 2 is 1.56 bits per heavy atom. The molecular weight excluding hydrogens is 400 g/mol. The molecule has 0 bridgehead atoms. The van der Waals surface area contributed by atoms with Gasteiger partial charge in [-0.2, -0.15) is 0 Å². The SMILES string of the molecule is O=C(O)C[C@H]1CC[C@H](c2ccc(-c3ccc4c(c3)CCN4C(=O)N3CCCC3)cc2)CC1. The summed E-state index contributed by atoms with van der Waals surface area (Å²) in [6.07, 6.45) is 7.64. The number of nitrogens with zero attached hydrogens (tertiary/aromatic N) is 2. The van der Waals surface area contributed by atoms with Crippen molar-refractivity contribution >= 4 is 17.7 Å². The van der Waals surface area contributed by atoms with Crippen LogP contribution < -0.4 is 4.90 Å². The first-order valence-corrected chi connectivity index (χ1v) is 12.1. The topological polar surface area (TPSA) is 60.9 Å². The number of amides is 2. The highest BCUT2D eigenvalue weighted by molar-refractivity contribution is 5.95. The molecule has 168 valence electrons. The molecule has 5 rings (SSSR count). The van der Waals surface area contributed by atoms with Crippen molar-refractivity contribution in [2.24, 2.45) is 5.92 Å². The Labute approximate surface area is 190 Å². The highest BCUT2D eigenvalue weighted by Gasteiger charge is 2.30. The van der Waals surface area contributed by atoms with Gasteiger partial charge in [-0.3, -0.25) is 9.69 Å². The lowest BCUT2D eigenvalue weighted by atomic mass is 9.77. The maximum absolute atomic E-state index is 12.8. The fourth-order valence-corrected chi connectivity index (χ4v) is 5.75. The number of hydrogen-bond acceptors (Lipinski definition) is 2. The van der Waals surface area contributed by atoms with E-state index in [1.807, 2.05) is 9.80 Å². The van der Waals surface area contributed by atoms with E-state index in [2.05, 4.69) is 42.5 Å². The molecule has 0 radical (unpaired) electrons. The molecule has 0 unspecified atom stereocenters. The van der Waals surface area contributed by atoms with E-state index in [1.165, 1.54) is 22.3 Å². The summed E-state index contributed by atoms with van der Waals surface area (Å²) in [5, 5.41) is 9.02. The molecule has 2 aliphatic heterocycles. The van der Waals surface area contributed by atoms with Gasteiger partial charge in [-0.25, -0.2) is 4.79 Å². The van der Waals surface area contributed by atoms with Crippen LogP contribution in [0.2, 0.25) is 0 Å². The minimum Gasteiger partial charge on any atom is -0.481 e. The van der Waals surface area contributed by atoms with E-state index in [0.29, 0.717) is 18.3 Å². The molecule has 5 heteroatoms. The van der Waals surface area contributed by atoms with Crippen LogP contribution in [-0.2, 0) is 11.2 Å². The lowest BCUT2D eigenvalue weighted by molar-refractivity contribution is -0.138. The highest BCUT2D eigenvalue weighted by atomic mass is 16.4. The molecule has 0 atom stereocenters. The van der Waals surface area contributed by atoms with Gasteiger partial charge in [0.15, 0.2) is 0 Å². The fraction of sp³-hybridized carbons (Fsp3) is 0.481. The van der Waals surface area contributed by atoms with Crippen molar-refractivity contribution in [3.05, 3.63) is 53.6 Å². The average Bonchev–Trinajstić information content (AvgIpc) is 3.49. The maximum atomic E-state index is 12.8. The normalized spacial score (nSPS) is 22.8. The largest absolute Gasteiger partial charge is 0.481 e. The van der Waals surface area contributed by atoms with Crippen molar-refractivity contribution in [1.29, 1.82) is 0 Å². The molecule has 0 spiro atoms. The number of carbonyl (C=O) groups is 2. The van der Waals surface area contributed by atoms with Crippen LogP contribution in [0.25, 0.3) is 11.1 Å². The van der Waals surface area contributed by atoms with E-state index in [9.17, 15) is 9.59 Å². The molecule has 3 aliphatic rings. The van der Waals surface area contributed by atoms with Crippen LogP contribution in [0, 0.1) is 5.92 Å². The number of carbonyl (C=O) groups excluding carboxylic acids is 1. The van der Waals surface area contributed by atoms with E-state index in [1.54, 1.807) is 0 Å². The van der Waals surface area contributed by atoms with Crippen molar-refractivity contribution in [3.63, 3.8) is 0 Å². The fourth-order valence-electron chi connectivity index (χ4n) is 5.75. The second-order valence-corrected chi connectivity index (χ2v) is 9.66. The van der Waals surface area contributed by atoms with Crippen LogP contribution in [0.1, 0.15) is 62.0 Å². The quantitative estimate of drug-likeness (QED) is 0.676. The molecule has 2 aromatic rings. The highest BCUT2D eigenvalue weighted by Crippen LogP contribution is 2.38.